The van der Waals surface area contributed by atoms with E-state index in [1.165, 1.54) is 42.2 Å². The number of carbonyl (C=O) groups excluding carboxylic acids is 2. The van der Waals surface area contributed by atoms with Crippen LogP contribution in [-0.4, -0.2) is 16.8 Å². The summed E-state index contributed by atoms with van der Waals surface area (Å²) in [5, 5.41) is 8.08. The fraction of sp³-hybridized carbons (Fsp3) is 0.227. The molecule has 1 aliphatic carbocycles. The normalized spacial score (nSPS) is 12.9. The number of fused-ring (bicyclic) bond motifs is 1. The van der Waals surface area contributed by atoms with Crippen LogP contribution in [0.3, 0.4) is 0 Å². The second kappa shape index (κ2) is 7.94. The summed E-state index contributed by atoms with van der Waals surface area (Å²) in [4.78, 5) is 28.1. The zero-order valence-electron chi connectivity index (χ0n) is 15.6. The number of rotatable bonds is 4. The predicted octanol–water partition coefficient (Wildman–Crippen LogP) is 4.90. The van der Waals surface area contributed by atoms with Gasteiger partial charge in [-0.3, -0.25) is 14.9 Å². The number of thiazole rings is 1. The molecule has 0 unspecified atom stereocenters. The molecule has 0 saturated carbocycles. The molecule has 2 N–H and O–H groups in total. The molecule has 3 aromatic rings. The van der Waals surface area contributed by atoms with Crippen LogP contribution < -0.4 is 10.6 Å². The average molecular weight is 391 g/mol. The van der Waals surface area contributed by atoms with Crippen molar-refractivity contribution in [2.45, 2.75) is 32.6 Å². The Bertz CT molecular complexity index is 1020. The molecule has 0 fully saturated rings. The Hall–Kier alpha value is -2.99. The van der Waals surface area contributed by atoms with Gasteiger partial charge in [0.25, 0.3) is 5.91 Å². The van der Waals surface area contributed by atoms with E-state index in [0.717, 1.165) is 24.1 Å². The molecule has 2 amide bonds. The van der Waals surface area contributed by atoms with E-state index >= 15 is 0 Å². The van der Waals surface area contributed by atoms with E-state index in [9.17, 15) is 9.59 Å². The van der Waals surface area contributed by atoms with E-state index in [0.29, 0.717) is 16.4 Å². The van der Waals surface area contributed by atoms with Gasteiger partial charge in [0.2, 0.25) is 5.91 Å². The summed E-state index contributed by atoms with van der Waals surface area (Å²) in [5.74, 6) is -0.365. The first-order valence-corrected chi connectivity index (χ1v) is 10.2. The molecule has 28 heavy (non-hydrogen) atoms. The SMILES string of the molecule is CC(=O)Nc1ccc(C(=O)Nc2nc(-c3ccc4c(c3)CCCC4)cs2)cc1. The summed E-state index contributed by atoms with van der Waals surface area (Å²) in [5.41, 5.74) is 6.02. The molecular weight excluding hydrogens is 370 g/mol. The van der Waals surface area contributed by atoms with E-state index in [-0.39, 0.29) is 11.8 Å². The third kappa shape index (κ3) is 4.12. The number of aryl methyl sites for hydroxylation is 2. The van der Waals surface area contributed by atoms with Gasteiger partial charge in [0.1, 0.15) is 0 Å². The lowest BCUT2D eigenvalue weighted by atomic mass is 9.90. The quantitative estimate of drug-likeness (QED) is 0.664. The molecule has 0 spiro atoms. The van der Waals surface area contributed by atoms with Crippen LogP contribution in [0.25, 0.3) is 11.3 Å². The van der Waals surface area contributed by atoms with E-state index in [1.807, 2.05) is 5.38 Å². The van der Waals surface area contributed by atoms with Crippen LogP contribution in [0.15, 0.2) is 47.8 Å². The second-order valence-electron chi connectivity index (χ2n) is 6.94. The van der Waals surface area contributed by atoms with Crippen LogP contribution >= 0.6 is 11.3 Å². The number of aromatic nitrogens is 1. The Kier molecular flexibility index (Phi) is 5.21. The summed E-state index contributed by atoms with van der Waals surface area (Å²) >= 11 is 1.42. The van der Waals surface area contributed by atoms with Gasteiger partial charge in [0.15, 0.2) is 5.13 Å². The monoisotopic (exact) mass is 391 g/mol. The van der Waals surface area contributed by atoms with Crippen molar-refractivity contribution < 1.29 is 9.59 Å². The largest absolute Gasteiger partial charge is 0.326 e. The molecule has 2 aromatic carbocycles. The van der Waals surface area contributed by atoms with E-state index < -0.39 is 0 Å². The van der Waals surface area contributed by atoms with Crippen molar-refractivity contribution in [3.05, 3.63) is 64.5 Å². The second-order valence-corrected chi connectivity index (χ2v) is 7.80. The fourth-order valence-corrected chi connectivity index (χ4v) is 4.15. The Morgan fingerprint density at radius 2 is 1.71 bits per heavy atom. The molecular formula is C22H21N3O2S. The Morgan fingerprint density at radius 1 is 0.964 bits per heavy atom. The number of benzene rings is 2. The van der Waals surface area contributed by atoms with Gasteiger partial charge in [0.05, 0.1) is 5.69 Å². The van der Waals surface area contributed by atoms with Crippen molar-refractivity contribution >= 4 is 34.0 Å². The van der Waals surface area contributed by atoms with E-state index in [1.54, 1.807) is 24.3 Å². The van der Waals surface area contributed by atoms with Gasteiger partial charge < -0.3 is 5.32 Å². The maximum absolute atomic E-state index is 12.5. The smallest absolute Gasteiger partial charge is 0.257 e. The summed E-state index contributed by atoms with van der Waals surface area (Å²) in [6, 6.07) is 13.3. The number of nitrogens with zero attached hydrogens (tertiary/aromatic N) is 1. The maximum atomic E-state index is 12.5. The zero-order chi connectivity index (χ0) is 19.5. The van der Waals surface area contributed by atoms with Crippen LogP contribution in [0.1, 0.15) is 41.3 Å². The van der Waals surface area contributed by atoms with Crippen LogP contribution in [0.5, 0.6) is 0 Å². The van der Waals surface area contributed by atoms with Crippen LogP contribution in [0.4, 0.5) is 10.8 Å². The summed E-state index contributed by atoms with van der Waals surface area (Å²) in [6.45, 7) is 1.45. The molecule has 0 bridgehead atoms. The third-order valence-electron chi connectivity index (χ3n) is 4.84. The number of hydrogen-bond acceptors (Lipinski definition) is 4. The van der Waals surface area contributed by atoms with Crippen LogP contribution in [-0.2, 0) is 17.6 Å². The van der Waals surface area contributed by atoms with Crippen molar-refractivity contribution in [2.75, 3.05) is 10.6 Å². The average Bonchev–Trinajstić information content (AvgIpc) is 3.16. The van der Waals surface area contributed by atoms with Gasteiger partial charge >= 0.3 is 0 Å². The minimum atomic E-state index is -0.222. The number of hydrogen-bond donors (Lipinski definition) is 2. The summed E-state index contributed by atoms with van der Waals surface area (Å²) < 4.78 is 0. The first-order chi connectivity index (χ1) is 13.6. The molecule has 6 heteroatoms. The van der Waals surface area contributed by atoms with E-state index in [2.05, 4.69) is 33.8 Å². The van der Waals surface area contributed by atoms with Crippen molar-refractivity contribution in [3.63, 3.8) is 0 Å². The predicted molar refractivity (Wildman–Crippen MR) is 113 cm³/mol. The fourth-order valence-electron chi connectivity index (χ4n) is 3.43. The Morgan fingerprint density at radius 3 is 2.46 bits per heavy atom. The third-order valence-corrected chi connectivity index (χ3v) is 5.59. The highest BCUT2D eigenvalue weighted by atomic mass is 32.1. The summed E-state index contributed by atoms with van der Waals surface area (Å²) in [7, 11) is 0. The highest BCUT2D eigenvalue weighted by molar-refractivity contribution is 7.14. The first kappa shape index (κ1) is 18.4. The van der Waals surface area contributed by atoms with Gasteiger partial charge in [-0.1, -0.05) is 12.1 Å². The van der Waals surface area contributed by atoms with Crippen molar-refractivity contribution in [1.82, 2.24) is 4.98 Å². The topological polar surface area (TPSA) is 71.1 Å². The lowest BCUT2D eigenvalue weighted by Gasteiger charge is -2.16. The van der Waals surface area contributed by atoms with Gasteiger partial charge in [-0.2, -0.15) is 0 Å². The molecule has 1 heterocycles. The van der Waals surface area contributed by atoms with Gasteiger partial charge in [-0.05, 0) is 67.1 Å². The van der Waals surface area contributed by atoms with Crippen molar-refractivity contribution in [3.8, 4) is 11.3 Å². The molecule has 0 aliphatic heterocycles. The molecule has 1 aliphatic rings. The van der Waals surface area contributed by atoms with Gasteiger partial charge in [-0.25, -0.2) is 4.98 Å². The zero-order valence-corrected chi connectivity index (χ0v) is 16.4. The molecule has 5 nitrogen and oxygen atoms in total. The molecule has 0 saturated heterocycles. The molecule has 4 rings (SSSR count). The molecule has 142 valence electrons. The molecule has 1 aromatic heterocycles. The van der Waals surface area contributed by atoms with Gasteiger partial charge in [0, 0.05) is 29.1 Å². The van der Waals surface area contributed by atoms with Crippen molar-refractivity contribution in [2.24, 2.45) is 0 Å². The number of anilines is 2. The standard InChI is InChI=1S/C22H21N3O2S/c1-14(26)23-19-10-8-16(9-11-19)21(27)25-22-24-20(13-28-22)18-7-6-15-4-2-3-5-17(15)12-18/h6-13H,2-5H2,1H3,(H,23,26)(H,24,25,27). The maximum Gasteiger partial charge on any atom is 0.257 e. The van der Waals surface area contributed by atoms with Crippen molar-refractivity contribution in [1.29, 1.82) is 0 Å². The molecule has 0 atom stereocenters. The number of nitrogens with one attached hydrogen (secondary N) is 2. The van der Waals surface area contributed by atoms with Crippen LogP contribution in [0.2, 0.25) is 0 Å². The first-order valence-electron chi connectivity index (χ1n) is 9.35. The highest BCUT2D eigenvalue weighted by Gasteiger charge is 2.13. The minimum Gasteiger partial charge on any atom is -0.326 e. The lowest BCUT2D eigenvalue weighted by molar-refractivity contribution is -0.114. The Labute approximate surface area is 167 Å². The van der Waals surface area contributed by atoms with E-state index in [4.69, 9.17) is 0 Å². The highest BCUT2D eigenvalue weighted by Crippen LogP contribution is 2.29. The minimum absolute atomic E-state index is 0.144. The number of amides is 2. The Balaban J connectivity index is 1.46. The lowest BCUT2D eigenvalue weighted by Crippen LogP contribution is -2.12. The molecule has 0 radical (unpaired) electrons. The summed E-state index contributed by atoms with van der Waals surface area (Å²) in [6.07, 6.45) is 4.81. The van der Waals surface area contributed by atoms with Gasteiger partial charge in [-0.15, -0.1) is 11.3 Å². The van der Waals surface area contributed by atoms with Crippen LogP contribution in [0, 0.1) is 0 Å². The number of carbonyl (C=O) groups is 2.